The van der Waals surface area contributed by atoms with Crippen LogP contribution in [0.4, 0.5) is 5.69 Å². The van der Waals surface area contributed by atoms with Crippen molar-refractivity contribution in [2.75, 3.05) is 45.2 Å². The van der Waals surface area contributed by atoms with Crippen molar-refractivity contribution in [2.45, 2.75) is 58.0 Å². The molecule has 0 atom stereocenters. The summed E-state index contributed by atoms with van der Waals surface area (Å²) in [6.07, 6.45) is 6.68. The zero-order chi connectivity index (χ0) is 22.6. The van der Waals surface area contributed by atoms with Gasteiger partial charge in [0, 0.05) is 29.4 Å². The first-order valence-corrected chi connectivity index (χ1v) is 11.7. The molecule has 1 aliphatic heterocycles. The Labute approximate surface area is 190 Å². The normalized spacial score (nSPS) is 16.2. The van der Waals surface area contributed by atoms with Crippen LogP contribution in [0.3, 0.4) is 0 Å². The lowest BCUT2D eigenvalue weighted by molar-refractivity contribution is -0.139. The molecule has 4 rings (SSSR count). The molecule has 7 nitrogen and oxygen atoms in total. The van der Waals surface area contributed by atoms with E-state index in [9.17, 15) is 4.79 Å². The summed E-state index contributed by atoms with van der Waals surface area (Å²) >= 11 is 0. The van der Waals surface area contributed by atoms with Gasteiger partial charge >= 0.3 is 0 Å². The maximum atomic E-state index is 10.8. The number of carbonyl (C=O) groups is 1. The minimum atomic E-state index is -0.606. The number of benzene rings is 1. The SMILES string of the molecule is COc1cc2c(NCC(C)(C)OC=O)c3c(nc2cc1OCCCN1CCCC1)CCC3. The molecule has 0 radical (unpaired) electrons. The van der Waals surface area contributed by atoms with Gasteiger partial charge in [0.2, 0.25) is 0 Å². The van der Waals surface area contributed by atoms with Crippen LogP contribution in [0.2, 0.25) is 0 Å². The molecule has 0 amide bonds. The number of hydrogen-bond donors (Lipinski definition) is 1. The van der Waals surface area contributed by atoms with Crippen LogP contribution in [0.15, 0.2) is 12.1 Å². The van der Waals surface area contributed by atoms with Gasteiger partial charge in [-0.2, -0.15) is 0 Å². The van der Waals surface area contributed by atoms with Gasteiger partial charge in [-0.25, -0.2) is 0 Å². The highest BCUT2D eigenvalue weighted by atomic mass is 16.5. The number of ether oxygens (including phenoxy) is 3. The first-order chi connectivity index (χ1) is 15.5. The van der Waals surface area contributed by atoms with Gasteiger partial charge in [-0.1, -0.05) is 0 Å². The van der Waals surface area contributed by atoms with Crippen molar-refractivity contribution in [1.82, 2.24) is 9.88 Å². The van der Waals surface area contributed by atoms with E-state index in [-0.39, 0.29) is 0 Å². The van der Waals surface area contributed by atoms with Gasteiger partial charge < -0.3 is 24.4 Å². The Morgan fingerprint density at radius 2 is 1.97 bits per heavy atom. The van der Waals surface area contributed by atoms with Crippen molar-refractivity contribution in [2.24, 2.45) is 0 Å². The highest BCUT2D eigenvalue weighted by molar-refractivity contribution is 5.96. The molecule has 1 aliphatic carbocycles. The predicted octanol–water partition coefficient (Wildman–Crippen LogP) is 3.96. The number of hydrogen-bond acceptors (Lipinski definition) is 7. The van der Waals surface area contributed by atoms with Crippen molar-refractivity contribution >= 4 is 23.1 Å². The maximum Gasteiger partial charge on any atom is 0.293 e. The lowest BCUT2D eigenvalue weighted by atomic mass is 10.0. The van der Waals surface area contributed by atoms with E-state index < -0.39 is 5.60 Å². The van der Waals surface area contributed by atoms with Crippen LogP contribution in [-0.2, 0) is 22.4 Å². The number of anilines is 1. The van der Waals surface area contributed by atoms with Crippen LogP contribution in [0, 0.1) is 0 Å². The molecule has 1 N–H and O–H groups in total. The monoisotopic (exact) mass is 441 g/mol. The van der Waals surface area contributed by atoms with Crippen LogP contribution < -0.4 is 14.8 Å². The van der Waals surface area contributed by atoms with E-state index in [2.05, 4.69) is 10.2 Å². The molecule has 2 aromatic rings. The van der Waals surface area contributed by atoms with Crippen LogP contribution in [-0.4, -0.2) is 61.9 Å². The molecule has 1 fully saturated rings. The second-order valence-corrected chi connectivity index (χ2v) is 9.36. The average Bonchev–Trinajstić information content (AvgIpc) is 3.45. The summed E-state index contributed by atoms with van der Waals surface area (Å²) in [5.74, 6) is 1.45. The van der Waals surface area contributed by atoms with Gasteiger partial charge in [-0.3, -0.25) is 9.78 Å². The molecule has 1 aromatic carbocycles. The van der Waals surface area contributed by atoms with E-state index in [1.165, 1.54) is 31.5 Å². The lowest BCUT2D eigenvalue weighted by Crippen LogP contribution is -2.33. The number of nitrogens with zero attached hydrogens (tertiary/aromatic N) is 2. The quantitative estimate of drug-likeness (QED) is 0.418. The summed E-state index contributed by atoms with van der Waals surface area (Å²) in [5.41, 5.74) is 3.74. The molecule has 174 valence electrons. The van der Waals surface area contributed by atoms with Crippen molar-refractivity contribution in [3.05, 3.63) is 23.4 Å². The van der Waals surface area contributed by atoms with Crippen LogP contribution in [0.1, 0.15) is 50.8 Å². The largest absolute Gasteiger partial charge is 0.493 e. The fraction of sp³-hybridized carbons (Fsp3) is 0.600. The minimum Gasteiger partial charge on any atom is -0.493 e. The number of aromatic nitrogens is 1. The molecule has 7 heteroatoms. The van der Waals surface area contributed by atoms with Crippen molar-refractivity contribution in [3.63, 3.8) is 0 Å². The van der Waals surface area contributed by atoms with Gasteiger partial charge in [-0.15, -0.1) is 0 Å². The lowest BCUT2D eigenvalue weighted by Gasteiger charge is -2.25. The fourth-order valence-corrected chi connectivity index (χ4v) is 4.69. The first kappa shape index (κ1) is 22.6. The molecule has 32 heavy (non-hydrogen) atoms. The first-order valence-electron chi connectivity index (χ1n) is 11.7. The van der Waals surface area contributed by atoms with E-state index in [0.29, 0.717) is 25.4 Å². The van der Waals surface area contributed by atoms with Crippen LogP contribution >= 0.6 is 0 Å². The Hall–Kier alpha value is -2.54. The van der Waals surface area contributed by atoms with E-state index >= 15 is 0 Å². The summed E-state index contributed by atoms with van der Waals surface area (Å²) in [7, 11) is 1.67. The number of rotatable bonds is 11. The third kappa shape index (κ3) is 5.09. The maximum absolute atomic E-state index is 10.8. The summed E-state index contributed by atoms with van der Waals surface area (Å²) in [6, 6.07) is 4.02. The number of carbonyl (C=O) groups excluding carboxylic acids is 1. The Balaban J connectivity index is 1.57. The van der Waals surface area contributed by atoms with E-state index in [1.54, 1.807) is 7.11 Å². The smallest absolute Gasteiger partial charge is 0.293 e. The van der Waals surface area contributed by atoms with Gasteiger partial charge in [0.1, 0.15) is 5.60 Å². The minimum absolute atomic E-state index is 0.507. The van der Waals surface area contributed by atoms with Crippen molar-refractivity contribution in [1.29, 1.82) is 0 Å². The van der Waals surface area contributed by atoms with Crippen LogP contribution in [0.25, 0.3) is 10.9 Å². The van der Waals surface area contributed by atoms with Crippen molar-refractivity contribution < 1.29 is 19.0 Å². The number of methoxy groups -OCH3 is 1. The molecular formula is C25H35N3O4. The highest BCUT2D eigenvalue weighted by Crippen LogP contribution is 2.40. The highest BCUT2D eigenvalue weighted by Gasteiger charge is 2.24. The second kappa shape index (κ2) is 9.94. The molecule has 2 heterocycles. The molecule has 0 saturated carbocycles. The molecule has 1 aromatic heterocycles. The van der Waals surface area contributed by atoms with Gasteiger partial charge in [0.05, 0.1) is 25.8 Å². The fourth-order valence-electron chi connectivity index (χ4n) is 4.69. The molecule has 2 aliphatic rings. The standard InChI is InChI=1S/C25H35N3O4/c1-25(2,32-17-29)16-26-24-18-8-6-9-20(18)27-21-15-23(22(30-3)14-19(21)24)31-13-7-12-28-10-4-5-11-28/h14-15,17H,4-13,16H2,1-3H3,(H,26,27). The average molecular weight is 442 g/mol. The topological polar surface area (TPSA) is 72.9 Å². The van der Waals surface area contributed by atoms with E-state index in [0.717, 1.165) is 60.3 Å². The number of fused-ring (bicyclic) bond motifs is 2. The number of likely N-dealkylation sites (tertiary alicyclic amines) is 1. The Morgan fingerprint density at radius 1 is 1.16 bits per heavy atom. The third-order valence-corrected chi connectivity index (χ3v) is 6.43. The van der Waals surface area contributed by atoms with E-state index in [4.69, 9.17) is 19.2 Å². The Kier molecular flexibility index (Phi) is 7.04. The third-order valence-electron chi connectivity index (χ3n) is 6.43. The zero-order valence-electron chi connectivity index (χ0n) is 19.5. The number of nitrogens with one attached hydrogen (secondary N) is 1. The number of aryl methyl sites for hydroxylation is 1. The summed E-state index contributed by atoms with van der Waals surface area (Å²) in [4.78, 5) is 18.3. The van der Waals surface area contributed by atoms with Crippen LogP contribution in [0.5, 0.6) is 11.5 Å². The van der Waals surface area contributed by atoms with Gasteiger partial charge in [0.25, 0.3) is 6.47 Å². The predicted molar refractivity (Wildman–Crippen MR) is 126 cm³/mol. The summed E-state index contributed by atoms with van der Waals surface area (Å²) in [5, 5.41) is 4.55. The molecule has 0 bridgehead atoms. The van der Waals surface area contributed by atoms with E-state index in [1.807, 2.05) is 26.0 Å². The van der Waals surface area contributed by atoms with Gasteiger partial charge in [0.15, 0.2) is 11.5 Å². The summed E-state index contributed by atoms with van der Waals surface area (Å²) in [6.45, 7) is 8.96. The molecule has 0 spiro atoms. The van der Waals surface area contributed by atoms with Crippen molar-refractivity contribution in [3.8, 4) is 11.5 Å². The molecular weight excluding hydrogens is 406 g/mol. The molecule has 0 unspecified atom stereocenters. The number of pyridine rings is 1. The second-order valence-electron chi connectivity index (χ2n) is 9.36. The Bertz CT molecular complexity index is 954. The zero-order valence-corrected chi connectivity index (χ0v) is 19.5. The Morgan fingerprint density at radius 3 is 2.72 bits per heavy atom. The molecule has 1 saturated heterocycles. The van der Waals surface area contributed by atoms with Gasteiger partial charge in [-0.05, 0) is 77.1 Å². The summed E-state index contributed by atoms with van der Waals surface area (Å²) < 4.78 is 17.0.